The molecule has 0 spiro atoms. The topological polar surface area (TPSA) is 51.0 Å². The zero-order valence-corrected chi connectivity index (χ0v) is 18.2. The molecule has 0 unspecified atom stereocenters. The Morgan fingerprint density at radius 2 is 1.79 bits per heavy atom. The van der Waals surface area contributed by atoms with Gasteiger partial charge in [0.25, 0.3) is 0 Å². The fraction of sp³-hybridized carbons (Fsp3) is 0.240. The van der Waals surface area contributed by atoms with Crippen molar-refractivity contribution in [3.05, 3.63) is 83.3 Å². The second kappa shape index (κ2) is 8.32. The molecule has 9 heteroatoms. The molecular formula is C25H20F4N4O. The molecule has 1 aliphatic heterocycles. The maximum Gasteiger partial charge on any atom is 0.434 e. The first-order valence-corrected chi connectivity index (χ1v) is 10.7. The molecule has 0 saturated carbocycles. The van der Waals surface area contributed by atoms with E-state index in [1.807, 2.05) is 23.1 Å². The first-order valence-electron chi connectivity index (χ1n) is 10.7. The molecule has 0 fully saturated rings. The molecule has 5 rings (SSSR count). The predicted octanol–water partition coefficient (Wildman–Crippen LogP) is 5.47. The standard InChI is InChI=1S/C25H20F4N4O/c1-15(34)21-11-20(17-3-5-18(26)6-4-17)19-7-2-16(10-22(19)30-21)12-32-8-9-33-13-23(25(27,28)29)31-24(33)14-32/h2-7,10-11,13H,8-9,12,14H2,1H3. The lowest BCUT2D eigenvalue weighted by Gasteiger charge is -2.27. The van der Waals surface area contributed by atoms with Crippen LogP contribution < -0.4 is 0 Å². The number of Topliss-reactive ketones (excluding diaryl/α,β-unsaturated/α-hetero) is 1. The van der Waals surface area contributed by atoms with Gasteiger partial charge in [-0.25, -0.2) is 14.4 Å². The van der Waals surface area contributed by atoms with Gasteiger partial charge < -0.3 is 4.57 Å². The number of aromatic nitrogens is 3. The Morgan fingerprint density at radius 3 is 2.50 bits per heavy atom. The Kier molecular flexibility index (Phi) is 5.44. The molecule has 0 atom stereocenters. The average Bonchev–Trinajstić information content (AvgIpc) is 3.23. The summed E-state index contributed by atoms with van der Waals surface area (Å²) in [4.78, 5) is 22.4. The third-order valence-electron chi connectivity index (χ3n) is 5.97. The van der Waals surface area contributed by atoms with Crippen LogP contribution in [0.4, 0.5) is 17.6 Å². The summed E-state index contributed by atoms with van der Waals surface area (Å²) >= 11 is 0. The van der Waals surface area contributed by atoms with E-state index in [1.54, 1.807) is 22.8 Å². The summed E-state index contributed by atoms with van der Waals surface area (Å²) in [5.74, 6) is -0.144. The van der Waals surface area contributed by atoms with Crippen LogP contribution in [0.5, 0.6) is 0 Å². The summed E-state index contributed by atoms with van der Waals surface area (Å²) in [6.45, 7) is 3.25. The van der Waals surface area contributed by atoms with E-state index in [9.17, 15) is 22.4 Å². The number of carbonyl (C=O) groups excluding carboxylic acids is 1. The lowest BCUT2D eigenvalue weighted by atomic mass is 9.98. The van der Waals surface area contributed by atoms with Crippen LogP contribution in [0.2, 0.25) is 0 Å². The maximum atomic E-state index is 13.4. The van der Waals surface area contributed by atoms with Crippen molar-refractivity contribution in [3.63, 3.8) is 0 Å². The van der Waals surface area contributed by atoms with Crippen LogP contribution in [-0.2, 0) is 25.8 Å². The number of imidazole rings is 1. The van der Waals surface area contributed by atoms with Crippen molar-refractivity contribution in [3.8, 4) is 11.1 Å². The van der Waals surface area contributed by atoms with Crippen molar-refractivity contribution in [2.75, 3.05) is 6.54 Å². The fourth-order valence-electron chi connectivity index (χ4n) is 4.25. The van der Waals surface area contributed by atoms with Crippen molar-refractivity contribution >= 4 is 16.7 Å². The summed E-state index contributed by atoms with van der Waals surface area (Å²) in [5, 5.41) is 0.823. The average molecular weight is 468 g/mol. The number of hydrogen-bond donors (Lipinski definition) is 0. The molecule has 2 aromatic carbocycles. The van der Waals surface area contributed by atoms with Gasteiger partial charge in [-0.2, -0.15) is 13.2 Å². The molecule has 5 nitrogen and oxygen atoms in total. The van der Waals surface area contributed by atoms with E-state index in [1.165, 1.54) is 19.1 Å². The number of carbonyl (C=O) groups is 1. The van der Waals surface area contributed by atoms with Gasteiger partial charge in [-0.3, -0.25) is 9.69 Å². The molecule has 0 bridgehead atoms. The van der Waals surface area contributed by atoms with Crippen LogP contribution in [0.1, 0.15) is 34.5 Å². The van der Waals surface area contributed by atoms with Crippen LogP contribution in [0.3, 0.4) is 0 Å². The van der Waals surface area contributed by atoms with E-state index in [0.29, 0.717) is 43.2 Å². The molecule has 34 heavy (non-hydrogen) atoms. The van der Waals surface area contributed by atoms with Gasteiger partial charge >= 0.3 is 6.18 Å². The van der Waals surface area contributed by atoms with E-state index in [0.717, 1.165) is 28.3 Å². The van der Waals surface area contributed by atoms with Gasteiger partial charge in [0, 0.05) is 38.1 Å². The molecule has 0 N–H and O–H groups in total. The lowest BCUT2D eigenvalue weighted by Crippen LogP contribution is -2.33. The summed E-state index contributed by atoms with van der Waals surface area (Å²) in [5.41, 5.74) is 2.53. The van der Waals surface area contributed by atoms with Gasteiger partial charge in [0.15, 0.2) is 11.5 Å². The number of rotatable bonds is 4. The minimum Gasteiger partial charge on any atom is -0.332 e. The van der Waals surface area contributed by atoms with Crippen LogP contribution in [-0.4, -0.2) is 31.8 Å². The van der Waals surface area contributed by atoms with Crippen LogP contribution in [0, 0.1) is 5.82 Å². The first-order chi connectivity index (χ1) is 16.2. The second-order valence-corrected chi connectivity index (χ2v) is 8.41. The molecule has 0 amide bonds. The number of pyridine rings is 1. The minimum absolute atomic E-state index is 0.181. The second-order valence-electron chi connectivity index (χ2n) is 8.41. The van der Waals surface area contributed by atoms with Crippen molar-refractivity contribution in [1.29, 1.82) is 0 Å². The molecule has 1 aliphatic rings. The fourth-order valence-corrected chi connectivity index (χ4v) is 4.25. The number of alkyl halides is 3. The molecule has 0 radical (unpaired) electrons. The summed E-state index contributed by atoms with van der Waals surface area (Å²) < 4.78 is 53.9. The highest BCUT2D eigenvalue weighted by Gasteiger charge is 2.35. The van der Waals surface area contributed by atoms with Crippen LogP contribution in [0.15, 0.2) is 54.7 Å². The van der Waals surface area contributed by atoms with E-state index < -0.39 is 11.9 Å². The van der Waals surface area contributed by atoms with Crippen molar-refractivity contribution in [1.82, 2.24) is 19.4 Å². The SMILES string of the molecule is CC(=O)c1cc(-c2ccc(F)cc2)c2ccc(CN3CCn4cc(C(F)(F)F)nc4C3)cc2n1. The van der Waals surface area contributed by atoms with Gasteiger partial charge in [0.1, 0.15) is 17.3 Å². The third-order valence-corrected chi connectivity index (χ3v) is 5.97. The quantitative estimate of drug-likeness (QED) is 0.294. The van der Waals surface area contributed by atoms with E-state index in [2.05, 4.69) is 9.97 Å². The Bertz CT molecular complexity index is 1390. The highest BCUT2D eigenvalue weighted by atomic mass is 19.4. The molecular weight excluding hydrogens is 448 g/mol. The summed E-state index contributed by atoms with van der Waals surface area (Å²) in [6.07, 6.45) is -3.40. The van der Waals surface area contributed by atoms with E-state index >= 15 is 0 Å². The van der Waals surface area contributed by atoms with Crippen molar-refractivity contribution in [2.24, 2.45) is 0 Å². The monoisotopic (exact) mass is 468 g/mol. The molecule has 3 heterocycles. The van der Waals surface area contributed by atoms with E-state index in [-0.39, 0.29) is 11.6 Å². The van der Waals surface area contributed by atoms with Crippen molar-refractivity contribution < 1.29 is 22.4 Å². The Hall–Kier alpha value is -3.59. The first kappa shape index (κ1) is 22.2. The lowest BCUT2D eigenvalue weighted by molar-refractivity contribution is -0.141. The zero-order valence-electron chi connectivity index (χ0n) is 18.2. The molecule has 0 saturated heterocycles. The molecule has 0 aliphatic carbocycles. The molecule has 4 aromatic rings. The number of benzene rings is 2. The Labute approximate surface area is 192 Å². The minimum atomic E-state index is -4.46. The van der Waals surface area contributed by atoms with Gasteiger partial charge in [-0.15, -0.1) is 0 Å². The molecule has 174 valence electrons. The zero-order chi connectivity index (χ0) is 24.0. The van der Waals surface area contributed by atoms with Gasteiger partial charge in [0.2, 0.25) is 0 Å². The smallest absolute Gasteiger partial charge is 0.332 e. The largest absolute Gasteiger partial charge is 0.434 e. The normalized spacial score (nSPS) is 14.4. The maximum absolute atomic E-state index is 13.4. The predicted molar refractivity (Wildman–Crippen MR) is 118 cm³/mol. The van der Waals surface area contributed by atoms with Gasteiger partial charge in [0.05, 0.1) is 12.1 Å². The van der Waals surface area contributed by atoms with Crippen molar-refractivity contribution in [2.45, 2.75) is 32.7 Å². The number of nitrogens with zero attached hydrogens (tertiary/aromatic N) is 4. The van der Waals surface area contributed by atoms with Gasteiger partial charge in [-0.1, -0.05) is 24.3 Å². The number of fused-ring (bicyclic) bond motifs is 2. The number of hydrogen-bond acceptors (Lipinski definition) is 4. The summed E-state index contributed by atoms with van der Waals surface area (Å²) in [7, 11) is 0. The van der Waals surface area contributed by atoms with Crippen LogP contribution >= 0.6 is 0 Å². The van der Waals surface area contributed by atoms with Gasteiger partial charge in [-0.05, 0) is 41.0 Å². The number of halogens is 4. The Morgan fingerprint density at radius 1 is 1.03 bits per heavy atom. The van der Waals surface area contributed by atoms with Crippen LogP contribution in [0.25, 0.3) is 22.0 Å². The van der Waals surface area contributed by atoms with E-state index in [4.69, 9.17) is 0 Å². The summed E-state index contributed by atoms with van der Waals surface area (Å²) in [6, 6.07) is 13.5. The highest BCUT2D eigenvalue weighted by molar-refractivity contribution is 6.01. The molecule has 2 aromatic heterocycles. The Balaban J connectivity index is 1.45. The number of ketones is 1. The highest BCUT2D eigenvalue weighted by Crippen LogP contribution is 2.31. The third kappa shape index (κ3) is 4.31.